The van der Waals surface area contributed by atoms with Crippen LogP contribution in [0, 0.1) is 12.7 Å². The first-order valence-electron chi connectivity index (χ1n) is 7.23. The van der Waals surface area contributed by atoms with Crippen LogP contribution < -0.4 is 5.32 Å². The zero-order chi connectivity index (χ0) is 17.1. The molecule has 24 heavy (non-hydrogen) atoms. The molecule has 0 bridgehead atoms. The predicted octanol–water partition coefficient (Wildman–Crippen LogP) is 3.68. The second-order valence-electron chi connectivity index (χ2n) is 5.31. The van der Waals surface area contributed by atoms with Crippen molar-refractivity contribution in [2.45, 2.75) is 13.5 Å². The summed E-state index contributed by atoms with van der Waals surface area (Å²) in [5.41, 5.74) is 2.18. The van der Waals surface area contributed by atoms with Gasteiger partial charge in [0.15, 0.2) is 5.82 Å². The molecule has 122 valence electrons. The fourth-order valence-electron chi connectivity index (χ4n) is 2.25. The van der Waals surface area contributed by atoms with Crippen molar-refractivity contribution in [2.24, 2.45) is 0 Å². The van der Waals surface area contributed by atoms with Gasteiger partial charge in [0.05, 0.1) is 17.3 Å². The lowest BCUT2D eigenvalue weighted by Crippen LogP contribution is -2.15. The fraction of sp³-hybridized carbons (Fsp3) is 0.118. The van der Waals surface area contributed by atoms with E-state index < -0.39 is 11.7 Å². The van der Waals surface area contributed by atoms with Crippen molar-refractivity contribution < 1.29 is 9.18 Å². The second kappa shape index (κ2) is 6.80. The largest absolute Gasteiger partial charge is 0.317 e. The summed E-state index contributed by atoms with van der Waals surface area (Å²) in [4.78, 5) is 16.1. The number of aromatic nitrogens is 3. The summed E-state index contributed by atoms with van der Waals surface area (Å²) >= 11 is 5.69. The Labute approximate surface area is 143 Å². The first-order valence-corrected chi connectivity index (χ1v) is 7.61. The fourth-order valence-corrected chi connectivity index (χ4v) is 2.43. The van der Waals surface area contributed by atoms with Crippen molar-refractivity contribution in [2.75, 3.05) is 5.32 Å². The first-order chi connectivity index (χ1) is 11.5. The standard InChI is InChI=1S/C17H14ClFN4O/c1-11-4-2-5-12(8-11)9-23-10-20-16(22-23)17(24)21-14-7-3-6-13(18)15(14)19/h2-8,10H,9H2,1H3,(H,21,24). The third-order valence-electron chi connectivity index (χ3n) is 3.37. The van der Waals surface area contributed by atoms with Crippen LogP contribution in [0.4, 0.5) is 10.1 Å². The number of amides is 1. The molecule has 3 aromatic rings. The lowest BCUT2D eigenvalue weighted by Gasteiger charge is -2.05. The third-order valence-corrected chi connectivity index (χ3v) is 3.66. The normalized spacial score (nSPS) is 10.6. The molecular formula is C17H14ClFN4O. The molecule has 0 aliphatic heterocycles. The van der Waals surface area contributed by atoms with E-state index in [0.717, 1.165) is 11.1 Å². The van der Waals surface area contributed by atoms with E-state index in [4.69, 9.17) is 11.6 Å². The van der Waals surface area contributed by atoms with Gasteiger partial charge in [0.2, 0.25) is 5.82 Å². The van der Waals surface area contributed by atoms with Gasteiger partial charge in [0.25, 0.3) is 5.91 Å². The van der Waals surface area contributed by atoms with E-state index in [9.17, 15) is 9.18 Å². The van der Waals surface area contributed by atoms with Crippen LogP contribution in [0.5, 0.6) is 0 Å². The van der Waals surface area contributed by atoms with Crippen LogP contribution in [0.1, 0.15) is 21.7 Å². The van der Waals surface area contributed by atoms with Crippen LogP contribution in [0.25, 0.3) is 0 Å². The third kappa shape index (κ3) is 3.60. The number of nitrogens with zero attached hydrogens (tertiary/aromatic N) is 3. The monoisotopic (exact) mass is 344 g/mol. The molecule has 0 atom stereocenters. The van der Waals surface area contributed by atoms with Gasteiger partial charge in [-0.1, -0.05) is 47.5 Å². The number of anilines is 1. The molecule has 1 heterocycles. The molecule has 3 rings (SSSR count). The quantitative estimate of drug-likeness (QED) is 0.785. The minimum Gasteiger partial charge on any atom is -0.317 e. The number of hydrogen-bond acceptors (Lipinski definition) is 3. The van der Waals surface area contributed by atoms with Crippen LogP contribution >= 0.6 is 11.6 Å². The van der Waals surface area contributed by atoms with Crippen LogP contribution in [0.2, 0.25) is 5.02 Å². The van der Waals surface area contributed by atoms with E-state index in [2.05, 4.69) is 15.4 Å². The Bertz CT molecular complexity index is 894. The van der Waals surface area contributed by atoms with Gasteiger partial charge in [-0.15, -0.1) is 5.10 Å². The zero-order valence-electron chi connectivity index (χ0n) is 12.8. The maximum Gasteiger partial charge on any atom is 0.295 e. The van der Waals surface area contributed by atoms with E-state index in [-0.39, 0.29) is 16.5 Å². The first kappa shape index (κ1) is 16.1. The van der Waals surface area contributed by atoms with Gasteiger partial charge < -0.3 is 5.32 Å². The Morgan fingerprint density at radius 2 is 2.08 bits per heavy atom. The lowest BCUT2D eigenvalue weighted by atomic mass is 10.1. The number of aryl methyl sites for hydroxylation is 1. The molecule has 1 aromatic heterocycles. The molecule has 0 fully saturated rings. The Kier molecular flexibility index (Phi) is 4.57. The van der Waals surface area contributed by atoms with Gasteiger partial charge >= 0.3 is 0 Å². The van der Waals surface area contributed by atoms with Crippen molar-refractivity contribution in [3.8, 4) is 0 Å². The van der Waals surface area contributed by atoms with Crippen molar-refractivity contribution in [3.63, 3.8) is 0 Å². The smallest absolute Gasteiger partial charge is 0.295 e. The number of benzene rings is 2. The molecule has 0 saturated carbocycles. The topological polar surface area (TPSA) is 59.8 Å². The van der Waals surface area contributed by atoms with Crippen LogP contribution in [-0.4, -0.2) is 20.7 Å². The summed E-state index contributed by atoms with van der Waals surface area (Å²) in [6, 6.07) is 12.3. The van der Waals surface area contributed by atoms with E-state index >= 15 is 0 Å². The molecular weight excluding hydrogens is 331 g/mol. The van der Waals surface area contributed by atoms with Crippen LogP contribution in [-0.2, 0) is 6.54 Å². The number of carbonyl (C=O) groups excluding carboxylic acids is 1. The van der Waals surface area contributed by atoms with E-state index in [1.165, 1.54) is 18.5 Å². The number of carbonyl (C=O) groups is 1. The predicted molar refractivity (Wildman–Crippen MR) is 89.7 cm³/mol. The number of nitrogens with one attached hydrogen (secondary N) is 1. The summed E-state index contributed by atoms with van der Waals surface area (Å²) in [7, 11) is 0. The highest BCUT2D eigenvalue weighted by molar-refractivity contribution is 6.31. The highest BCUT2D eigenvalue weighted by Gasteiger charge is 2.15. The van der Waals surface area contributed by atoms with Crippen LogP contribution in [0.3, 0.4) is 0 Å². The second-order valence-corrected chi connectivity index (χ2v) is 5.72. The molecule has 0 unspecified atom stereocenters. The zero-order valence-corrected chi connectivity index (χ0v) is 13.6. The number of rotatable bonds is 4. The van der Waals surface area contributed by atoms with E-state index in [0.29, 0.717) is 6.54 Å². The summed E-state index contributed by atoms with van der Waals surface area (Å²) in [5, 5.41) is 6.47. The van der Waals surface area contributed by atoms with E-state index in [1.54, 1.807) is 10.7 Å². The summed E-state index contributed by atoms with van der Waals surface area (Å²) in [5.74, 6) is -1.33. The van der Waals surface area contributed by atoms with Crippen LogP contribution in [0.15, 0.2) is 48.8 Å². The number of hydrogen-bond donors (Lipinski definition) is 1. The highest BCUT2D eigenvalue weighted by atomic mass is 35.5. The van der Waals surface area contributed by atoms with Crippen molar-refractivity contribution in [3.05, 3.63) is 76.6 Å². The van der Waals surface area contributed by atoms with E-state index in [1.807, 2.05) is 31.2 Å². The SMILES string of the molecule is Cc1cccc(Cn2cnc(C(=O)Nc3cccc(Cl)c3F)n2)c1. The van der Waals surface area contributed by atoms with Gasteiger partial charge in [-0.25, -0.2) is 14.1 Å². The van der Waals surface area contributed by atoms with Crippen molar-refractivity contribution in [1.29, 1.82) is 0 Å². The molecule has 2 aromatic carbocycles. The molecule has 1 amide bonds. The Balaban J connectivity index is 1.73. The molecule has 5 nitrogen and oxygen atoms in total. The Hall–Kier alpha value is -2.73. The Morgan fingerprint density at radius 3 is 2.88 bits per heavy atom. The molecule has 0 aliphatic rings. The van der Waals surface area contributed by atoms with Crippen molar-refractivity contribution >= 4 is 23.2 Å². The van der Waals surface area contributed by atoms with Gasteiger partial charge in [-0.2, -0.15) is 0 Å². The highest BCUT2D eigenvalue weighted by Crippen LogP contribution is 2.22. The lowest BCUT2D eigenvalue weighted by molar-refractivity contribution is 0.101. The minimum atomic E-state index is -0.688. The van der Waals surface area contributed by atoms with Gasteiger partial charge in [-0.05, 0) is 24.6 Å². The van der Waals surface area contributed by atoms with Gasteiger partial charge in [0, 0.05) is 0 Å². The summed E-state index contributed by atoms with van der Waals surface area (Å²) in [6.07, 6.45) is 1.46. The van der Waals surface area contributed by atoms with Gasteiger partial charge in [-0.3, -0.25) is 4.79 Å². The van der Waals surface area contributed by atoms with Gasteiger partial charge in [0.1, 0.15) is 6.33 Å². The molecule has 7 heteroatoms. The summed E-state index contributed by atoms with van der Waals surface area (Å²) in [6.45, 7) is 2.50. The number of halogens is 2. The Morgan fingerprint density at radius 1 is 1.29 bits per heavy atom. The maximum atomic E-state index is 13.8. The summed E-state index contributed by atoms with van der Waals surface area (Å²) < 4.78 is 15.4. The minimum absolute atomic E-state index is 0.0115. The average molecular weight is 345 g/mol. The molecule has 0 aliphatic carbocycles. The molecule has 0 radical (unpaired) electrons. The molecule has 0 spiro atoms. The van der Waals surface area contributed by atoms with Crippen molar-refractivity contribution in [1.82, 2.24) is 14.8 Å². The maximum absolute atomic E-state index is 13.8. The molecule has 0 saturated heterocycles. The molecule has 1 N–H and O–H groups in total. The average Bonchev–Trinajstić information content (AvgIpc) is 3.00.